The van der Waals surface area contributed by atoms with E-state index < -0.39 is 11.6 Å². The van der Waals surface area contributed by atoms with Crippen LogP contribution < -0.4 is 4.74 Å². The Morgan fingerprint density at radius 3 is 2.86 bits per heavy atom. The van der Waals surface area contributed by atoms with Crippen molar-refractivity contribution in [3.05, 3.63) is 23.5 Å². The molecule has 0 aromatic heterocycles. The summed E-state index contributed by atoms with van der Waals surface area (Å²) >= 11 is 0. The Kier molecular flexibility index (Phi) is 3.29. The average molecular weight is 195 g/mol. The number of phenols is 1. The zero-order valence-corrected chi connectivity index (χ0v) is 7.75. The van der Waals surface area contributed by atoms with Gasteiger partial charge in [0.25, 0.3) is 0 Å². The standard InChI is InChI=1S/C10H10FNO2/c1-14-9-5-4-8(13)10(11)7(9)3-2-6-12/h4-5,13H,2-3H2,1H3. The van der Waals surface area contributed by atoms with Crippen molar-refractivity contribution < 1.29 is 14.2 Å². The molecule has 74 valence electrons. The molecule has 4 heteroatoms. The number of halogens is 1. The van der Waals surface area contributed by atoms with E-state index in [-0.39, 0.29) is 18.4 Å². The number of benzene rings is 1. The van der Waals surface area contributed by atoms with Gasteiger partial charge in [0.1, 0.15) is 5.75 Å². The molecule has 1 N–H and O–H groups in total. The molecule has 0 heterocycles. The van der Waals surface area contributed by atoms with Gasteiger partial charge in [-0.25, -0.2) is 4.39 Å². The van der Waals surface area contributed by atoms with Gasteiger partial charge in [-0.2, -0.15) is 5.26 Å². The minimum absolute atomic E-state index is 0.191. The fourth-order valence-electron chi connectivity index (χ4n) is 1.20. The molecule has 14 heavy (non-hydrogen) atoms. The second-order valence-electron chi connectivity index (χ2n) is 2.74. The number of ether oxygens (including phenoxy) is 1. The fourth-order valence-corrected chi connectivity index (χ4v) is 1.20. The van der Waals surface area contributed by atoms with Gasteiger partial charge in [-0.15, -0.1) is 0 Å². The molecule has 3 nitrogen and oxygen atoms in total. The zero-order valence-electron chi connectivity index (χ0n) is 7.75. The molecule has 0 spiro atoms. The molecule has 1 aromatic carbocycles. The molecule has 0 unspecified atom stereocenters. The first kappa shape index (κ1) is 10.3. The van der Waals surface area contributed by atoms with Crippen LogP contribution in [0.25, 0.3) is 0 Å². The van der Waals surface area contributed by atoms with Crippen LogP contribution in [0.3, 0.4) is 0 Å². The number of nitrogens with zero attached hydrogens (tertiary/aromatic N) is 1. The van der Waals surface area contributed by atoms with E-state index in [4.69, 9.17) is 15.1 Å². The summed E-state index contributed by atoms with van der Waals surface area (Å²) in [5, 5.41) is 17.5. The molecule has 0 saturated heterocycles. The summed E-state index contributed by atoms with van der Waals surface area (Å²) in [6.45, 7) is 0. The van der Waals surface area contributed by atoms with E-state index in [9.17, 15) is 4.39 Å². The monoisotopic (exact) mass is 195 g/mol. The number of hydrogen-bond acceptors (Lipinski definition) is 3. The molecular formula is C10H10FNO2. The number of nitriles is 1. The normalized spacial score (nSPS) is 9.50. The Labute approximate surface area is 81.4 Å². The van der Waals surface area contributed by atoms with E-state index in [0.717, 1.165) is 0 Å². The second-order valence-corrected chi connectivity index (χ2v) is 2.74. The van der Waals surface area contributed by atoms with Crippen molar-refractivity contribution in [1.29, 1.82) is 5.26 Å². The Morgan fingerprint density at radius 2 is 2.29 bits per heavy atom. The van der Waals surface area contributed by atoms with Crippen LogP contribution in [0.5, 0.6) is 11.5 Å². The van der Waals surface area contributed by atoms with Gasteiger partial charge in [0.15, 0.2) is 11.6 Å². The van der Waals surface area contributed by atoms with Gasteiger partial charge in [0, 0.05) is 12.0 Å². The predicted molar refractivity (Wildman–Crippen MR) is 48.6 cm³/mol. The van der Waals surface area contributed by atoms with E-state index in [0.29, 0.717) is 5.75 Å². The maximum atomic E-state index is 13.3. The predicted octanol–water partition coefficient (Wildman–Crippen LogP) is 2.00. The number of methoxy groups -OCH3 is 1. The Hall–Kier alpha value is -1.76. The Morgan fingerprint density at radius 1 is 1.57 bits per heavy atom. The van der Waals surface area contributed by atoms with Gasteiger partial charge in [0.05, 0.1) is 13.2 Å². The van der Waals surface area contributed by atoms with E-state index >= 15 is 0 Å². The molecular weight excluding hydrogens is 185 g/mol. The summed E-state index contributed by atoms with van der Waals surface area (Å²) in [6, 6.07) is 4.61. The average Bonchev–Trinajstić information content (AvgIpc) is 2.20. The summed E-state index contributed by atoms with van der Waals surface area (Å²) in [7, 11) is 1.42. The van der Waals surface area contributed by atoms with Crippen LogP contribution in [0.1, 0.15) is 12.0 Å². The third-order valence-corrected chi connectivity index (χ3v) is 1.89. The first-order chi connectivity index (χ1) is 6.70. The fraction of sp³-hybridized carbons (Fsp3) is 0.300. The quantitative estimate of drug-likeness (QED) is 0.802. The largest absolute Gasteiger partial charge is 0.505 e. The van der Waals surface area contributed by atoms with Crippen LogP contribution in [0.4, 0.5) is 4.39 Å². The lowest BCUT2D eigenvalue weighted by Gasteiger charge is -2.08. The van der Waals surface area contributed by atoms with Crippen LogP contribution in [0.2, 0.25) is 0 Å². The van der Waals surface area contributed by atoms with E-state index in [2.05, 4.69) is 0 Å². The van der Waals surface area contributed by atoms with Gasteiger partial charge in [-0.05, 0) is 18.6 Å². The van der Waals surface area contributed by atoms with Gasteiger partial charge < -0.3 is 9.84 Å². The summed E-state index contributed by atoms with van der Waals surface area (Å²) in [6.07, 6.45) is 0.427. The Balaban J connectivity index is 3.09. The van der Waals surface area contributed by atoms with Crippen molar-refractivity contribution in [3.63, 3.8) is 0 Å². The molecule has 0 aliphatic carbocycles. The number of rotatable bonds is 3. The molecule has 0 radical (unpaired) electrons. The molecule has 0 amide bonds. The van der Waals surface area contributed by atoms with E-state index in [1.165, 1.54) is 19.2 Å². The van der Waals surface area contributed by atoms with Crippen molar-refractivity contribution in [2.45, 2.75) is 12.8 Å². The van der Waals surface area contributed by atoms with Crippen molar-refractivity contribution in [1.82, 2.24) is 0 Å². The SMILES string of the molecule is COc1ccc(O)c(F)c1CCC#N. The maximum Gasteiger partial charge on any atom is 0.171 e. The van der Waals surface area contributed by atoms with E-state index in [1.807, 2.05) is 6.07 Å². The molecule has 0 aliphatic rings. The van der Waals surface area contributed by atoms with Crippen molar-refractivity contribution in [2.75, 3.05) is 7.11 Å². The van der Waals surface area contributed by atoms with Gasteiger partial charge in [-0.3, -0.25) is 0 Å². The Bertz CT molecular complexity index is 371. The van der Waals surface area contributed by atoms with Crippen molar-refractivity contribution in [3.8, 4) is 17.6 Å². The highest BCUT2D eigenvalue weighted by molar-refractivity contribution is 5.41. The first-order valence-electron chi connectivity index (χ1n) is 4.12. The van der Waals surface area contributed by atoms with Crippen LogP contribution in [-0.4, -0.2) is 12.2 Å². The van der Waals surface area contributed by atoms with Gasteiger partial charge in [-0.1, -0.05) is 0 Å². The minimum atomic E-state index is -0.709. The minimum Gasteiger partial charge on any atom is -0.505 e. The molecule has 0 bridgehead atoms. The van der Waals surface area contributed by atoms with Crippen molar-refractivity contribution in [2.24, 2.45) is 0 Å². The van der Waals surface area contributed by atoms with Crippen LogP contribution in [0.15, 0.2) is 12.1 Å². The van der Waals surface area contributed by atoms with Gasteiger partial charge in [0.2, 0.25) is 0 Å². The lowest BCUT2D eigenvalue weighted by atomic mass is 10.1. The second kappa shape index (κ2) is 4.47. The molecule has 0 aliphatic heterocycles. The highest BCUT2D eigenvalue weighted by Gasteiger charge is 2.12. The molecule has 0 fully saturated rings. The lowest BCUT2D eigenvalue weighted by molar-refractivity contribution is 0.391. The maximum absolute atomic E-state index is 13.3. The van der Waals surface area contributed by atoms with Crippen LogP contribution in [-0.2, 0) is 6.42 Å². The first-order valence-corrected chi connectivity index (χ1v) is 4.12. The summed E-state index contributed by atoms with van der Waals surface area (Å²) < 4.78 is 18.3. The van der Waals surface area contributed by atoms with Crippen molar-refractivity contribution >= 4 is 0 Å². The lowest BCUT2D eigenvalue weighted by Crippen LogP contribution is -1.96. The van der Waals surface area contributed by atoms with Crippen LogP contribution >= 0.6 is 0 Å². The number of aromatic hydroxyl groups is 1. The summed E-state index contributed by atoms with van der Waals surface area (Å²) in [5.74, 6) is -0.770. The molecule has 0 saturated carbocycles. The molecule has 1 aromatic rings. The highest BCUT2D eigenvalue weighted by atomic mass is 19.1. The molecule has 1 rings (SSSR count). The summed E-state index contributed by atoms with van der Waals surface area (Å²) in [5.41, 5.74) is 0.244. The van der Waals surface area contributed by atoms with E-state index in [1.54, 1.807) is 0 Å². The topological polar surface area (TPSA) is 53.2 Å². The summed E-state index contributed by atoms with van der Waals surface area (Å²) in [4.78, 5) is 0. The number of hydrogen-bond donors (Lipinski definition) is 1. The van der Waals surface area contributed by atoms with Gasteiger partial charge >= 0.3 is 0 Å². The smallest absolute Gasteiger partial charge is 0.171 e. The highest BCUT2D eigenvalue weighted by Crippen LogP contribution is 2.28. The molecule has 0 atom stereocenters. The third kappa shape index (κ3) is 1.94. The zero-order chi connectivity index (χ0) is 10.6. The van der Waals surface area contributed by atoms with Crippen LogP contribution in [0, 0.1) is 17.1 Å². The number of phenolic OH excluding ortho intramolecular Hbond substituents is 1. The third-order valence-electron chi connectivity index (χ3n) is 1.89.